The third-order valence-electron chi connectivity index (χ3n) is 4.26. The topological polar surface area (TPSA) is 94.0 Å². The SMILES string of the molecule is Cc1ccc(S(=O)(=O)Cc2ccc(C(=O)NC(C)Cn3cncn3)cc2)cc1. The first kappa shape index (κ1) is 19.8. The molecule has 146 valence electrons. The Kier molecular flexibility index (Phi) is 5.89. The Bertz CT molecular complexity index is 1030. The summed E-state index contributed by atoms with van der Waals surface area (Å²) in [6.45, 7) is 4.30. The zero-order valence-electron chi connectivity index (χ0n) is 15.7. The zero-order chi connectivity index (χ0) is 20.1. The molecule has 3 rings (SSSR count). The Labute approximate surface area is 164 Å². The highest BCUT2D eigenvalue weighted by molar-refractivity contribution is 7.90. The fraction of sp³-hybridized carbons (Fsp3) is 0.250. The van der Waals surface area contributed by atoms with Crippen LogP contribution < -0.4 is 5.32 Å². The van der Waals surface area contributed by atoms with Crippen molar-refractivity contribution in [2.75, 3.05) is 0 Å². The molecule has 1 heterocycles. The lowest BCUT2D eigenvalue weighted by Gasteiger charge is -2.14. The van der Waals surface area contributed by atoms with Crippen LogP contribution in [0.1, 0.15) is 28.4 Å². The van der Waals surface area contributed by atoms with Gasteiger partial charge in [-0.2, -0.15) is 5.10 Å². The maximum Gasteiger partial charge on any atom is 0.251 e. The molecule has 1 atom stereocenters. The minimum Gasteiger partial charge on any atom is -0.348 e. The summed E-state index contributed by atoms with van der Waals surface area (Å²) in [5.74, 6) is -0.332. The first-order valence-electron chi connectivity index (χ1n) is 8.85. The van der Waals surface area contributed by atoms with Gasteiger partial charge in [0.15, 0.2) is 9.84 Å². The van der Waals surface area contributed by atoms with Gasteiger partial charge in [0.2, 0.25) is 0 Å². The molecule has 0 saturated carbocycles. The van der Waals surface area contributed by atoms with Gasteiger partial charge in [-0.05, 0) is 43.7 Å². The summed E-state index contributed by atoms with van der Waals surface area (Å²) in [7, 11) is -3.43. The minimum atomic E-state index is -3.43. The monoisotopic (exact) mass is 398 g/mol. The van der Waals surface area contributed by atoms with E-state index in [0.717, 1.165) is 5.56 Å². The van der Waals surface area contributed by atoms with Crippen LogP contribution in [0.4, 0.5) is 0 Å². The number of amides is 1. The van der Waals surface area contributed by atoms with Gasteiger partial charge in [-0.15, -0.1) is 0 Å². The molecule has 28 heavy (non-hydrogen) atoms. The predicted molar refractivity (Wildman–Crippen MR) is 105 cm³/mol. The standard InChI is InChI=1S/C20H22N4O3S/c1-15-3-9-19(10-4-15)28(26,27)12-17-5-7-18(8-6-17)20(25)23-16(2)11-24-14-21-13-22-24/h3-10,13-14,16H,11-12H2,1-2H3,(H,23,25). The molecular weight excluding hydrogens is 376 g/mol. The van der Waals surface area contributed by atoms with Crippen molar-refractivity contribution >= 4 is 15.7 Å². The van der Waals surface area contributed by atoms with Crippen LogP contribution in [0.15, 0.2) is 66.1 Å². The van der Waals surface area contributed by atoms with Crippen molar-refractivity contribution in [3.8, 4) is 0 Å². The van der Waals surface area contributed by atoms with Gasteiger partial charge in [-0.1, -0.05) is 29.8 Å². The van der Waals surface area contributed by atoms with E-state index in [0.29, 0.717) is 22.6 Å². The van der Waals surface area contributed by atoms with Crippen LogP contribution >= 0.6 is 0 Å². The number of carbonyl (C=O) groups excluding carboxylic acids is 1. The summed E-state index contributed by atoms with van der Waals surface area (Å²) in [6, 6.07) is 13.3. The summed E-state index contributed by atoms with van der Waals surface area (Å²) < 4.78 is 26.7. The second-order valence-corrected chi connectivity index (χ2v) is 8.75. The van der Waals surface area contributed by atoms with E-state index in [2.05, 4.69) is 15.4 Å². The Hall–Kier alpha value is -3.00. The maximum absolute atomic E-state index is 12.5. The smallest absolute Gasteiger partial charge is 0.251 e. The highest BCUT2D eigenvalue weighted by Crippen LogP contribution is 2.17. The van der Waals surface area contributed by atoms with Crippen LogP contribution in [0, 0.1) is 6.92 Å². The Morgan fingerprint density at radius 2 is 1.79 bits per heavy atom. The summed E-state index contributed by atoms with van der Waals surface area (Å²) in [5, 5.41) is 6.90. The lowest BCUT2D eigenvalue weighted by atomic mass is 10.1. The number of rotatable bonds is 7. The van der Waals surface area contributed by atoms with Crippen LogP contribution in [-0.2, 0) is 22.1 Å². The van der Waals surface area contributed by atoms with E-state index < -0.39 is 9.84 Å². The molecule has 0 aliphatic carbocycles. The molecule has 0 aliphatic rings. The number of nitrogens with zero attached hydrogens (tertiary/aromatic N) is 3. The van der Waals surface area contributed by atoms with Gasteiger partial charge in [0.25, 0.3) is 5.91 Å². The number of hydrogen-bond acceptors (Lipinski definition) is 5. The van der Waals surface area contributed by atoms with E-state index in [9.17, 15) is 13.2 Å². The van der Waals surface area contributed by atoms with E-state index in [-0.39, 0.29) is 17.7 Å². The van der Waals surface area contributed by atoms with Crippen molar-refractivity contribution in [1.29, 1.82) is 0 Å². The molecule has 0 fully saturated rings. The number of nitrogens with one attached hydrogen (secondary N) is 1. The quantitative estimate of drug-likeness (QED) is 0.659. The van der Waals surface area contributed by atoms with E-state index in [1.807, 2.05) is 13.8 Å². The largest absolute Gasteiger partial charge is 0.348 e. The van der Waals surface area contributed by atoms with Gasteiger partial charge >= 0.3 is 0 Å². The summed E-state index contributed by atoms with van der Waals surface area (Å²) in [5.41, 5.74) is 2.11. The first-order chi connectivity index (χ1) is 13.3. The zero-order valence-corrected chi connectivity index (χ0v) is 16.6. The molecule has 1 unspecified atom stereocenters. The normalized spacial score (nSPS) is 12.5. The molecule has 1 aromatic heterocycles. The van der Waals surface area contributed by atoms with Gasteiger partial charge in [-0.25, -0.2) is 13.4 Å². The lowest BCUT2D eigenvalue weighted by molar-refractivity contribution is 0.0936. The molecular formula is C20H22N4O3S. The van der Waals surface area contributed by atoms with Crippen LogP contribution in [-0.4, -0.2) is 35.1 Å². The second kappa shape index (κ2) is 8.35. The first-order valence-corrected chi connectivity index (χ1v) is 10.5. The van der Waals surface area contributed by atoms with Gasteiger partial charge < -0.3 is 5.32 Å². The van der Waals surface area contributed by atoms with Gasteiger partial charge in [-0.3, -0.25) is 9.48 Å². The molecule has 0 aliphatic heterocycles. The van der Waals surface area contributed by atoms with Crippen molar-refractivity contribution < 1.29 is 13.2 Å². The van der Waals surface area contributed by atoms with Crippen molar-refractivity contribution in [2.24, 2.45) is 0 Å². The lowest BCUT2D eigenvalue weighted by Crippen LogP contribution is -2.35. The number of benzene rings is 2. The van der Waals surface area contributed by atoms with E-state index in [1.54, 1.807) is 59.5 Å². The third kappa shape index (κ3) is 5.04. The molecule has 1 amide bonds. The van der Waals surface area contributed by atoms with Crippen LogP contribution in [0.3, 0.4) is 0 Å². The molecule has 0 spiro atoms. The van der Waals surface area contributed by atoms with Gasteiger partial charge in [0, 0.05) is 11.6 Å². The molecule has 3 aromatic rings. The number of carbonyl (C=O) groups is 1. The van der Waals surface area contributed by atoms with Crippen molar-refractivity contribution in [2.45, 2.75) is 37.1 Å². The molecule has 2 aromatic carbocycles. The molecule has 7 nitrogen and oxygen atoms in total. The average Bonchev–Trinajstić information content (AvgIpc) is 3.15. The minimum absolute atomic E-state index is 0.110. The van der Waals surface area contributed by atoms with Crippen molar-refractivity contribution in [1.82, 2.24) is 20.1 Å². The molecule has 0 radical (unpaired) electrons. The third-order valence-corrected chi connectivity index (χ3v) is 5.96. The molecule has 0 bridgehead atoms. The molecule has 1 N–H and O–H groups in total. The van der Waals surface area contributed by atoms with E-state index in [1.165, 1.54) is 6.33 Å². The summed E-state index contributed by atoms with van der Waals surface area (Å²) in [6.07, 6.45) is 3.03. The summed E-state index contributed by atoms with van der Waals surface area (Å²) >= 11 is 0. The number of hydrogen-bond donors (Lipinski definition) is 1. The Morgan fingerprint density at radius 3 is 2.39 bits per heavy atom. The van der Waals surface area contributed by atoms with Crippen LogP contribution in [0.5, 0.6) is 0 Å². The van der Waals surface area contributed by atoms with Crippen molar-refractivity contribution in [3.05, 3.63) is 77.9 Å². The highest BCUT2D eigenvalue weighted by atomic mass is 32.2. The number of aryl methyl sites for hydroxylation is 1. The number of sulfone groups is 1. The fourth-order valence-corrected chi connectivity index (χ4v) is 4.11. The van der Waals surface area contributed by atoms with Crippen LogP contribution in [0.2, 0.25) is 0 Å². The molecule has 8 heteroatoms. The molecule has 0 saturated heterocycles. The predicted octanol–water partition coefficient (Wildman–Crippen LogP) is 2.38. The fourth-order valence-electron chi connectivity index (χ4n) is 2.76. The maximum atomic E-state index is 12.5. The number of aromatic nitrogens is 3. The highest BCUT2D eigenvalue weighted by Gasteiger charge is 2.16. The van der Waals surface area contributed by atoms with E-state index in [4.69, 9.17) is 0 Å². The second-order valence-electron chi connectivity index (χ2n) is 6.76. The Balaban J connectivity index is 1.62. The van der Waals surface area contributed by atoms with Crippen molar-refractivity contribution in [3.63, 3.8) is 0 Å². The Morgan fingerprint density at radius 1 is 1.11 bits per heavy atom. The van der Waals surface area contributed by atoms with E-state index >= 15 is 0 Å². The average molecular weight is 398 g/mol. The van der Waals surface area contributed by atoms with Crippen LogP contribution in [0.25, 0.3) is 0 Å². The van der Waals surface area contributed by atoms with Gasteiger partial charge in [0.05, 0.1) is 17.2 Å². The van der Waals surface area contributed by atoms with Gasteiger partial charge in [0.1, 0.15) is 12.7 Å². The summed E-state index contributed by atoms with van der Waals surface area (Å²) in [4.78, 5) is 16.5.